The normalized spacial score (nSPS) is 12.0. The Labute approximate surface area is 178 Å². The maximum Gasteiger partial charge on any atom is 0.165 e. The maximum absolute atomic E-state index is 9.61. The summed E-state index contributed by atoms with van der Waals surface area (Å²) >= 11 is 6.24. The molecular formula is C22H19ClN6O. The van der Waals surface area contributed by atoms with Gasteiger partial charge in [-0.3, -0.25) is 0 Å². The van der Waals surface area contributed by atoms with Crippen LogP contribution < -0.4 is 5.32 Å². The lowest BCUT2D eigenvalue weighted by Gasteiger charge is -2.09. The van der Waals surface area contributed by atoms with Crippen LogP contribution in [0.4, 0.5) is 5.82 Å². The zero-order valence-corrected chi connectivity index (χ0v) is 17.2. The molecule has 0 aliphatic carbocycles. The van der Waals surface area contributed by atoms with Crippen LogP contribution in [0.25, 0.3) is 28.0 Å². The first-order valence-electron chi connectivity index (χ1n) is 9.41. The number of aromatic nitrogens is 4. The van der Waals surface area contributed by atoms with Gasteiger partial charge in [-0.25, -0.2) is 14.5 Å². The molecule has 7 nitrogen and oxygen atoms in total. The van der Waals surface area contributed by atoms with Gasteiger partial charge in [0.25, 0.3) is 0 Å². The van der Waals surface area contributed by atoms with Crippen LogP contribution in [0.3, 0.4) is 0 Å². The monoisotopic (exact) mass is 418 g/mol. The number of fused-ring (bicyclic) bond motifs is 1. The zero-order valence-electron chi connectivity index (χ0n) is 16.5. The summed E-state index contributed by atoms with van der Waals surface area (Å²) in [6.07, 6.45) is 1.29. The highest BCUT2D eigenvalue weighted by molar-refractivity contribution is 6.29. The van der Waals surface area contributed by atoms with Gasteiger partial charge >= 0.3 is 0 Å². The molecule has 0 fully saturated rings. The summed E-state index contributed by atoms with van der Waals surface area (Å²) in [5, 5.41) is 27.4. The summed E-state index contributed by atoms with van der Waals surface area (Å²) in [6.45, 7) is 3.94. The van der Waals surface area contributed by atoms with E-state index in [-0.39, 0.29) is 0 Å². The van der Waals surface area contributed by atoms with Gasteiger partial charge in [-0.2, -0.15) is 10.4 Å². The first kappa shape index (κ1) is 19.8. The number of benzene rings is 1. The number of halogens is 1. The third-order valence-electron chi connectivity index (χ3n) is 4.58. The molecule has 4 rings (SSSR count). The van der Waals surface area contributed by atoms with E-state index in [4.69, 9.17) is 21.7 Å². The minimum atomic E-state index is -0.507. The number of rotatable bonds is 5. The van der Waals surface area contributed by atoms with Crippen LogP contribution in [-0.4, -0.2) is 37.3 Å². The number of aryl methyl sites for hydroxylation is 1. The number of hydrogen-bond donors (Lipinski definition) is 2. The van der Waals surface area contributed by atoms with Crippen molar-refractivity contribution in [2.75, 3.05) is 11.9 Å². The van der Waals surface area contributed by atoms with E-state index in [1.165, 1.54) is 0 Å². The van der Waals surface area contributed by atoms with Crippen LogP contribution in [0.5, 0.6) is 0 Å². The second-order valence-corrected chi connectivity index (χ2v) is 7.40. The third kappa shape index (κ3) is 3.83. The summed E-state index contributed by atoms with van der Waals surface area (Å²) in [5.74, 6) is 0.613. The number of aliphatic hydroxyl groups is 1. The number of pyridine rings is 1. The molecule has 30 heavy (non-hydrogen) atoms. The Hall–Kier alpha value is -3.47. The highest BCUT2D eigenvalue weighted by Gasteiger charge is 2.21. The molecule has 150 valence electrons. The fourth-order valence-corrected chi connectivity index (χ4v) is 3.54. The lowest BCUT2D eigenvalue weighted by molar-refractivity contribution is 0.208. The van der Waals surface area contributed by atoms with E-state index in [0.29, 0.717) is 40.0 Å². The van der Waals surface area contributed by atoms with Crippen molar-refractivity contribution in [2.24, 2.45) is 0 Å². The molecule has 3 aromatic heterocycles. The minimum Gasteiger partial charge on any atom is -0.392 e. The van der Waals surface area contributed by atoms with Crippen LogP contribution in [-0.2, 0) is 0 Å². The van der Waals surface area contributed by atoms with Crippen LogP contribution in [0, 0.1) is 18.3 Å². The Kier molecular flexibility index (Phi) is 5.36. The maximum atomic E-state index is 9.61. The quantitative estimate of drug-likeness (QED) is 0.474. The van der Waals surface area contributed by atoms with Crippen molar-refractivity contribution in [3.63, 3.8) is 0 Å². The van der Waals surface area contributed by atoms with Crippen molar-refractivity contribution >= 4 is 23.1 Å². The van der Waals surface area contributed by atoms with Gasteiger partial charge in [-0.05, 0) is 43.7 Å². The Morgan fingerprint density at radius 2 is 2.03 bits per heavy atom. The molecule has 0 radical (unpaired) electrons. The lowest BCUT2D eigenvalue weighted by atomic mass is 9.98. The standard InChI is InChI=1S/C22H19ClN6O/c1-13-9-16(10-18(23)26-13)20-21(17-6-4-3-5-15(17)11-24)28-29-8-7-19(27-22(20)29)25-12-14(2)30/h3-10,14,30H,12H2,1-2H3,(H,25,27). The average molecular weight is 419 g/mol. The predicted octanol–water partition coefficient (Wildman–Crippen LogP) is 4.08. The number of nitriles is 1. The van der Waals surface area contributed by atoms with E-state index in [1.54, 1.807) is 35.8 Å². The fraction of sp³-hybridized carbons (Fsp3) is 0.182. The molecule has 1 aromatic carbocycles. The van der Waals surface area contributed by atoms with Crippen molar-refractivity contribution in [3.05, 3.63) is 65.1 Å². The van der Waals surface area contributed by atoms with E-state index >= 15 is 0 Å². The van der Waals surface area contributed by atoms with E-state index in [1.807, 2.05) is 31.2 Å². The number of nitrogens with one attached hydrogen (secondary N) is 1. The molecule has 0 amide bonds. The zero-order chi connectivity index (χ0) is 21.3. The molecule has 0 aliphatic rings. The van der Waals surface area contributed by atoms with Gasteiger partial charge in [-0.15, -0.1) is 0 Å². The predicted molar refractivity (Wildman–Crippen MR) is 116 cm³/mol. The number of hydrogen-bond acceptors (Lipinski definition) is 6. The van der Waals surface area contributed by atoms with Gasteiger partial charge in [0.15, 0.2) is 5.65 Å². The number of nitrogens with zero attached hydrogens (tertiary/aromatic N) is 5. The first-order valence-corrected chi connectivity index (χ1v) is 9.79. The second kappa shape index (κ2) is 8.11. The Morgan fingerprint density at radius 1 is 1.23 bits per heavy atom. The Balaban J connectivity index is 2.00. The van der Waals surface area contributed by atoms with Crippen LogP contribution in [0.2, 0.25) is 5.15 Å². The minimum absolute atomic E-state index is 0.368. The lowest BCUT2D eigenvalue weighted by Crippen LogP contribution is -2.16. The van der Waals surface area contributed by atoms with E-state index in [2.05, 4.69) is 16.4 Å². The summed E-state index contributed by atoms with van der Waals surface area (Å²) in [7, 11) is 0. The topological polar surface area (TPSA) is 99.1 Å². The Bertz CT molecular complexity index is 1250. The van der Waals surface area contributed by atoms with Crippen LogP contribution >= 0.6 is 11.6 Å². The van der Waals surface area contributed by atoms with Gasteiger partial charge in [0.2, 0.25) is 0 Å². The van der Waals surface area contributed by atoms with E-state index in [0.717, 1.165) is 16.8 Å². The molecule has 8 heteroatoms. The molecule has 0 bridgehead atoms. The summed E-state index contributed by atoms with van der Waals surface area (Å²) in [5.41, 5.74) is 4.80. The van der Waals surface area contributed by atoms with Gasteiger partial charge in [0.1, 0.15) is 16.7 Å². The largest absolute Gasteiger partial charge is 0.392 e. The van der Waals surface area contributed by atoms with Crippen molar-refractivity contribution in [2.45, 2.75) is 20.0 Å². The van der Waals surface area contributed by atoms with Crippen molar-refractivity contribution in [1.82, 2.24) is 19.6 Å². The fourth-order valence-electron chi connectivity index (χ4n) is 3.29. The van der Waals surface area contributed by atoms with Gasteiger partial charge in [-0.1, -0.05) is 29.8 Å². The molecular weight excluding hydrogens is 400 g/mol. The molecule has 0 aliphatic heterocycles. The average Bonchev–Trinajstić information content (AvgIpc) is 3.10. The number of aliphatic hydroxyl groups excluding tert-OH is 1. The third-order valence-corrected chi connectivity index (χ3v) is 4.77. The molecule has 0 saturated heterocycles. The van der Waals surface area contributed by atoms with Gasteiger partial charge < -0.3 is 10.4 Å². The SMILES string of the molecule is Cc1cc(-c2c(-c3ccccc3C#N)nn3ccc(NCC(C)O)nc23)cc(Cl)n1. The first-order chi connectivity index (χ1) is 14.5. The Morgan fingerprint density at radius 3 is 2.77 bits per heavy atom. The summed E-state index contributed by atoms with van der Waals surface area (Å²) < 4.78 is 1.68. The second-order valence-electron chi connectivity index (χ2n) is 7.01. The van der Waals surface area contributed by atoms with Crippen molar-refractivity contribution < 1.29 is 5.11 Å². The van der Waals surface area contributed by atoms with Crippen molar-refractivity contribution in [3.8, 4) is 28.5 Å². The van der Waals surface area contributed by atoms with Crippen LogP contribution in [0.1, 0.15) is 18.2 Å². The molecule has 1 unspecified atom stereocenters. The molecule has 1 atom stereocenters. The number of anilines is 1. The van der Waals surface area contributed by atoms with E-state index in [9.17, 15) is 10.4 Å². The highest BCUT2D eigenvalue weighted by Crippen LogP contribution is 2.37. The summed E-state index contributed by atoms with van der Waals surface area (Å²) in [6, 6.07) is 15.0. The van der Waals surface area contributed by atoms with Gasteiger partial charge in [0, 0.05) is 24.0 Å². The molecule has 4 aromatic rings. The highest BCUT2D eigenvalue weighted by atomic mass is 35.5. The van der Waals surface area contributed by atoms with Crippen molar-refractivity contribution in [1.29, 1.82) is 5.26 Å². The molecule has 0 spiro atoms. The molecule has 0 saturated carbocycles. The molecule has 2 N–H and O–H groups in total. The van der Waals surface area contributed by atoms with Gasteiger partial charge in [0.05, 0.1) is 23.3 Å². The summed E-state index contributed by atoms with van der Waals surface area (Å²) in [4.78, 5) is 8.97. The van der Waals surface area contributed by atoms with Crippen LogP contribution in [0.15, 0.2) is 48.7 Å². The van der Waals surface area contributed by atoms with E-state index < -0.39 is 6.10 Å². The smallest absolute Gasteiger partial charge is 0.165 e. The molecule has 3 heterocycles.